The molecular weight excluding hydrogens is 216 g/mol. The molecule has 0 saturated heterocycles. The van der Waals surface area contributed by atoms with Gasteiger partial charge in [-0.15, -0.1) is 11.3 Å². The molecule has 3 N–H and O–H groups in total. The molecule has 0 atom stereocenters. The summed E-state index contributed by atoms with van der Waals surface area (Å²) in [6.45, 7) is 2.20. The highest BCUT2D eigenvalue weighted by molar-refractivity contribution is 7.14. The van der Waals surface area contributed by atoms with Gasteiger partial charge in [-0.1, -0.05) is 19.4 Å². The number of amidine groups is 1. The molecule has 0 bridgehead atoms. The van der Waals surface area contributed by atoms with E-state index in [0.717, 1.165) is 17.7 Å². The van der Waals surface area contributed by atoms with Crippen LogP contribution in [0.2, 0.25) is 0 Å². The Hall–Kier alpha value is -1.09. The number of aryl methyl sites for hydroxylation is 1. The number of allylic oxidation sites excluding steroid dienone is 2. The third-order valence-electron chi connectivity index (χ3n) is 2.95. The van der Waals surface area contributed by atoms with E-state index in [4.69, 9.17) is 11.1 Å². The molecule has 2 rings (SSSR count). The van der Waals surface area contributed by atoms with Crippen LogP contribution in [0.5, 0.6) is 0 Å². The lowest BCUT2D eigenvalue weighted by molar-refractivity contribution is 0.831. The normalized spacial score (nSPS) is 17.4. The Morgan fingerprint density at radius 2 is 2.38 bits per heavy atom. The Labute approximate surface area is 101 Å². The molecule has 86 valence electrons. The van der Waals surface area contributed by atoms with Gasteiger partial charge in [0.15, 0.2) is 0 Å². The summed E-state index contributed by atoms with van der Waals surface area (Å²) in [7, 11) is 0. The molecule has 1 heterocycles. The van der Waals surface area contributed by atoms with Gasteiger partial charge < -0.3 is 5.73 Å². The summed E-state index contributed by atoms with van der Waals surface area (Å²) >= 11 is 1.69. The number of nitrogen functional groups attached to an aromatic ring is 1. The quantitative estimate of drug-likeness (QED) is 0.610. The van der Waals surface area contributed by atoms with Crippen LogP contribution in [-0.4, -0.2) is 5.84 Å². The van der Waals surface area contributed by atoms with Crippen molar-refractivity contribution in [1.29, 1.82) is 5.41 Å². The number of nitrogens with one attached hydrogen (secondary N) is 1. The molecule has 0 aliphatic heterocycles. The van der Waals surface area contributed by atoms with Gasteiger partial charge >= 0.3 is 0 Å². The molecule has 0 radical (unpaired) electrons. The highest BCUT2D eigenvalue weighted by Crippen LogP contribution is 2.36. The zero-order chi connectivity index (χ0) is 11.5. The molecule has 3 heteroatoms. The van der Waals surface area contributed by atoms with E-state index in [0.29, 0.717) is 0 Å². The molecule has 1 aromatic heterocycles. The third-order valence-corrected chi connectivity index (χ3v) is 4.18. The molecule has 1 aromatic rings. The number of hydrogen-bond acceptors (Lipinski definition) is 2. The number of hydrogen-bond donors (Lipinski definition) is 2. The first-order valence-electron chi connectivity index (χ1n) is 5.89. The van der Waals surface area contributed by atoms with E-state index in [-0.39, 0.29) is 5.84 Å². The summed E-state index contributed by atoms with van der Waals surface area (Å²) < 4.78 is 0. The zero-order valence-electron chi connectivity index (χ0n) is 9.68. The van der Waals surface area contributed by atoms with Crippen molar-refractivity contribution in [1.82, 2.24) is 0 Å². The Bertz CT molecular complexity index is 429. The SMILES string of the molecule is CCC/C=C1\CCCc2sc(C(=N)N)cc21. The average Bonchev–Trinajstić information content (AvgIpc) is 2.70. The van der Waals surface area contributed by atoms with Crippen molar-refractivity contribution in [3.63, 3.8) is 0 Å². The van der Waals surface area contributed by atoms with E-state index in [1.54, 1.807) is 11.3 Å². The first-order chi connectivity index (χ1) is 7.72. The zero-order valence-corrected chi connectivity index (χ0v) is 10.5. The van der Waals surface area contributed by atoms with Crippen molar-refractivity contribution in [2.45, 2.75) is 39.0 Å². The Kier molecular flexibility index (Phi) is 3.44. The van der Waals surface area contributed by atoms with Crippen LogP contribution >= 0.6 is 11.3 Å². The van der Waals surface area contributed by atoms with E-state index in [1.165, 1.54) is 35.3 Å². The van der Waals surface area contributed by atoms with Gasteiger partial charge in [-0.3, -0.25) is 5.41 Å². The van der Waals surface area contributed by atoms with Crippen molar-refractivity contribution < 1.29 is 0 Å². The van der Waals surface area contributed by atoms with Gasteiger partial charge in [0.05, 0.1) is 4.88 Å². The van der Waals surface area contributed by atoms with Crippen molar-refractivity contribution in [3.05, 3.63) is 27.5 Å². The predicted octanol–water partition coefficient (Wildman–Crippen LogP) is 3.55. The van der Waals surface area contributed by atoms with Gasteiger partial charge in [0.1, 0.15) is 5.84 Å². The van der Waals surface area contributed by atoms with Gasteiger partial charge in [0, 0.05) is 4.88 Å². The van der Waals surface area contributed by atoms with Gasteiger partial charge in [-0.25, -0.2) is 0 Å². The number of fused-ring (bicyclic) bond motifs is 1. The Balaban J connectivity index is 2.34. The highest BCUT2D eigenvalue weighted by atomic mass is 32.1. The minimum Gasteiger partial charge on any atom is -0.383 e. The predicted molar refractivity (Wildman–Crippen MR) is 71.2 cm³/mol. The molecule has 0 unspecified atom stereocenters. The largest absolute Gasteiger partial charge is 0.383 e. The molecular formula is C13H18N2S. The second-order valence-corrected chi connectivity index (χ2v) is 5.37. The minimum absolute atomic E-state index is 0.203. The monoisotopic (exact) mass is 234 g/mol. The molecule has 0 saturated carbocycles. The minimum atomic E-state index is 0.203. The van der Waals surface area contributed by atoms with Crippen LogP contribution in [-0.2, 0) is 6.42 Å². The van der Waals surface area contributed by atoms with Crippen LogP contribution in [0.3, 0.4) is 0 Å². The second-order valence-electron chi connectivity index (χ2n) is 4.23. The van der Waals surface area contributed by atoms with E-state index >= 15 is 0 Å². The molecule has 0 aromatic carbocycles. The topological polar surface area (TPSA) is 49.9 Å². The number of unbranched alkanes of at least 4 members (excludes halogenated alkanes) is 1. The highest BCUT2D eigenvalue weighted by Gasteiger charge is 2.18. The van der Waals surface area contributed by atoms with Crippen molar-refractivity contribution in [3.8, 4) is 0 Å². The van der Waals surface area contributed by atoms with E-state index in [1.807, 2.05) is 0 Å². The van der Waals surface area contributed by atoms with Gasteiger partial charge in [-0.2, -0.15) is 0 Å². The molecule has 0 amide bonds. The standard InChI is InChI=1S/C13H18N2S/c1-2-3-5-9-6-4-7-11-10(9)8-12(16-11)13(14)15/h5,8H,2-4,6-7H2,1H3,(H3,14,15)/b9-5+. The summed E-state index contributed by atoms with van der Waals surface area (Å²) in [5.41, 5.74) is 8.37. The summed E-state index contributed by atoms with van der Waals surface area (Å²) in [4.78, 5) is 2.34. The van der Waals surface area contributed by atoms with Crippen LogP contribution in [0.1, 0.15) is 47.9 Å². The molecule has 0 fully saturated rings. The maximum atomic E-state index is 7.49. The summed E-state index contributed by atoms with van der Waals surface area (Å²) in [6.07, 6.45) is 8.27. The molecule has 1 aliphatic carbocycles. The Morgan fingerprint density at radius 3 is 3.06 bits per heavy atom. The maximum absolute atomic E-state index is 7.49. The Morgan fingerprint density at radius 1 is 1.56 bits per heavy atom. The number of thiophene rings is 1. The van der Waals surface area contributed by atoms with E-state index < -0.39 is 0 Å². The van der Waals surface area contributed by atoms with Crippen LogP contribution in [0.4, 0.5) is 0 Å². The van der Waals surface area contributed by atoms with Crippen LogP contribution < -0.4 is 5.73 Å². The fraction of sp³-hybridized carbons (Fsp3) is 0.462. The first-order valence-corrected chi connectivity index (χ1v) is 6.70. The lowest BCUT2D eigenvalue weighted by Gasteiger charge is -2.14. The lowest BCUT2D eigenvalue weighted by Crippen LogP contribution is -2.08. The number of rotatable bonds is 3. The lowest BCUT2D eigenvalue weighted by atomic mass is 9.92. The fourth-order valence-electron chi connectivity index (χ4n) is 2.12. The molecule has 0 spiro atoms. The van der Waals surface area contributed by atoms with Crippen molar-refractivity contribution in [2.75, 3.05) is 0 Å². The number of nitrogens with two attached hydrogens (primary N) is 1. The summed E-state index contributed by atoms with van der Waals surface area (Å²) in [6, 6.07) is 2.10. The smallest absolute Gasteiger partial charge is 0.133 e. The summed E-state index contributed by atoms with van der Waals surface area (Å²) in [5, 5.41) is 7.49. The van der Waals surface area contributed by atoms with E-state index in [2.05, 4.69) is 19.1 Å². The van der Waals surface area contributed by atoms with Crippen LogP contribution in [0.15, 0.2) is 12.1 Å². The second kappa shape index (κ2) is 4.83. The average molecular weight is 234 g/mol. The maximum Gasteiger partial charge on any atom is 0.133 e. The van der Waals surface area contributed by atoms with Crippen molar-refractivity contribution in [2.24, 2.45) is 5.73 Å². The van der Waals surface area contributed by atoms with E-state index in [9.17, 15) is 0 Å². The molecule has 1 aliphatic rings. The van der Waals surface area contributed by atoms with Gasteiger partial charge in [0.25, 0.3) is 0 Å². The third kappa shape index (κ3) is 2.19. The molecule has 2 nitrogen and oxygen atoms in total. The molecule has 16 heavy (non-hydrogen) atoms. The fourth-order valence-corrected chi connectivity index (χ4v) is 3.22. The van der Waals surface area contributed by atoms with Crippen LogP contribution in [0.25, 0.3) is 5.57 Å². The van der Waals surface area contributed by atoms with Crippen molar-refractivity contribution >= 4 is 22.7 Å². The van der Waals surface area contributed by atoms with Gasteiger partial charge in [0.2, 0.25) is 0 Å². The summed E-state index contributed by atoms with van der Waals surface area (Å²) in [5.74, 6) is 0.203. The van der Waals surface area contributed by atoms with Crippen LogP contribution in [0, 0.1) is 5.41 Å². The first kappa shape index (κ1) is 11.4. The van der Waals surface area contributed by atoms with Gasteiger partial charge in [-0.05, 0) is 42.9 Å².